The molecule has 0 atom stereocenters. The average molecular weight is 268 g/mol. The molecule has 1 rings (SSSR count). The third kappa shape index (κ3) is 11.2. The van der Waals surface area contributed by atoms with Crippen molar-refractivity contribution in [3.05, 3.63) is 12.2 Å². The van der Waals surface area contributed by atoms with Gasteiger partial charge in [-0.3, -0.25) is 0 Å². The van der Waals surface area contributed by atoms with E-state index in [4.69, 9.17) is 0 Å². The normalized spacial score (nSPS) is 18.6. The molecule has 0 aliphatic heterocycles. The molecule has 1 aliphatic rings. The topological polar surface area (TPSA) is 35.0 Å². The van der Waals surface area contributed by atoms with Crippen molar-refractivity contribution < 1.29 is 0 Å². The van der Waals surface area contributed by atoms with E-state index in [1.165, 1.54) is 89.9 Å². The van der Waals surface area contributed by atoms with E-state index in [9.17, 15) is 0 Å². The first kappa shape index (κ1) is 18.7. The van der Waals surface area contributed by atoms with Crippen molar-refractivity contribution in [2.75, 3.05) is 0 Å². The second kappa shape index (κ2) is 14.1. The van der Waals surface area contributed by atoms with Crippen LogP contribution in [0.5, 0.6) is 0 Å². The Morgan fingerprint density at radius 1 is 0.789 bits per heavy atom. The van der Waals surface area contributed by atoms with Gasteiger partial charge in [-0.05, 0) is 31.6 Å². The minimum absolute atomic E-state index is 0. The lowest BCUT2D eigenvalue weighted by Gasteiger charge is -2.10. The van der Waals surface area contributed by atoms with Gasteiger partial charge in [0.15, 0.2) is 0 Å². The van der Waals surface area contributed by atoms with Gasteiger partial charge in [0, 0.05) is 0 Å². The summed E-state index contributed by atoms with van der Waals surface area (Å²) in [6.45, 7) is 2.29. The molecule has 1 heteroatoms. The predicted molar refractivity (Wildman–Crippen MR) is 88.0 cm³/mol. The summed E-state index contributed by atoms with van der Waals surface area (Å²) in [5, 5.41) is 0. The van der Waals surface area contributed by atoms with Crippen molar-refractivity contribution in [2.45, 2.75) is 96.8 Å². The van der Waals surface area contributed by atoms with E-state index < -0.39 is 0 Å². The summed E-state index contributed by atoms with van der Waals surface area (Å²) in [6.07, 6.45) is 25.1. The van der Waals surface area contributed by atoms with E-state index in [-0.39, 0.29) is 6.15 Å². The molecule has 0 radical (unpaired) electrons. The maximum Gasteiger partial charge on any atom is -0.0234 e. The van der Waals surface area contributed by atoms with Gasteiger partial charge < -0.3 is 6.15 Å². The molecule has 0 aromatic carbocycles. The lowest BCUT2D eigenvalue weighted by atomic mass is 9.96. The number of hydrogen-bond donors (Lipinski definition) is 1. The zero-order valence-electron chi connectivity index (χ0n) is 13.3. The molecule has 0 aromatic rings. The van der Waals surface area contributed by atoms with E-state index in [1.807, 2.05) is 0 Å². The summed E-state index contributed by atoms with van der Waals surface area (Å²) in [6, 6.07) is 0. The Hall–Kier alpha value is -0.300. The van der Waals surface area contributed by atoms with Gasteiger partial charge in [-0.25, -0.2) is 0 Å². The molecule has 0 aromatic heterocycles. The van der Waals surface area contributed by atoms with Crippen molar-refractivity contribution in [3.63, 3.8) is 0 Å². The van der Waals surface area contributed by atoms with Crippen LogP contribution >= 0.6 is 0 Å². The van der Waals surface area contributed by atoms with Gasteiger partial charge in [0.25, 0.3) is 0 Å². The molecule has 0 heterocycles. The van der Waals surface area contributed by atoms with Gasteiger partial charge in [0.05, 0.1) is 0 Å². The Labute approximate surface area is 121 Å². The molecule has 1 saturated carbocycles. The quantitative estimate of drug-likeness (QED) is 0.399. The second-order valence-electron chi connectivity index (χ2n) is 6.09. The smallest absolute Gasteiger partial charge is 0.0234 e. The minimum Gasteiger partial charge on any atom is -0.344 e. The first-order valence-electron chi connectivity index (χ1n) is 8.60. The Morgan fingerprint density at radius 2 is 1.37 bits per heavy atom. The van der Waals surface area contributed by atoms with E-state index in [1.54, 1.807) is 0 Å². The van der Waals surface area contributed by atoms with Crippen molar-refractivity contribution in [1.29, 1.82) is 0 Å². The molecule has 1 aliphatic carbocycles. The molecule has 0 saturated heterocycles. The van der Waals surface area contributed by atoms with E-state index in [0.717, 1.165) is 5.92 Å². The van der Waals surface area contributed by atoms with Crippen molar-refractivity contribution in [3.8, 4) is 0 Å². The Kier molecular flexibility index (Phi) is 13.9. The highest BCUT2D eigenvalue weighted by atomic mass is 14.1. The SMILES string of the molecule is CCCCCCCC=CC1CCCCCCCC1.N. The Morgan fingerprint density at radius 3 is 2.00 bits per heavy atom. The van der Waals surface area contributed by atoms with Gasteiger partial charge in [0.1, 0.15) is 0 Å². The number of rotatable bonds is 7. The second-order valence-corrected chi connectivity index (χ2v) is 6.09. The highest BCUT2D eigenvalue weighted by Gasteiger charge is 2.06. The van der Waals surface area contributed by atoms with Crippen LogP contribution in [0.2, 0.25) is 0 Å². The van der Waals surface area contributed by atoms with E-state index in [0.29, 0.717) is 0 Å². The van der Waals surface area contributed by atoms with Crippen LogP contribution in [0.1, 0.15) is 96.8 Å². The molecule has 0 amide bonds. The first-order chi connectivity index (χ1) is 8.93. The molecule has 1 fully saturated rings. The Bertz CT molecular complexity index is 188. The summed E-state index contributed by atoms with van der Waals surface area (Å²) in [5.41, 5.74) is 0. The van der Waals surface area contributed by atoms with Crippen LogP contribution in [0.25, 0.3) is 0 Å². The first-order valence-corrected chi connectivity index (χ1v) is 8.60. The van der Waals surface area contributed by atoms with Crippen molar-refractivity contribution >= 4 is 0 Å². The van der Waals surface area contributed by atoms with Gasteiger partial charge in [-0.1, -0.05) is 83.3 Å². The summed E-state index contributed by atoms with van der Waals surface area (Å²) in [5.74, 6) is 0.902. The van der Waals surface area contributed by atoms with Crippen LogP contribution in [0, 0.1) is 5.92 Å². The van der Waals surface area contributed by atoms with Crippen LogP contribution in [0.15, 0.2) is 12.2 Å². The fraction of sp³-hybridized carbons (Fsp3) is 0.889. The maximum atomic E-state index is 2.55. The van der Waals surface area contributed by atoms with E-state index in [2.05, 4.69) is 19.1 Å². The summed E-state index contributed by atoms with van der Waals surface area (Å²) >= 11 is 0. The third-order valence-electron chi connectivity index (χ3n) is 4.28. The standard InChI is InChI=1S/C18H34.H3N/c1-2-3-4-5-6-9-12-15-18-16-13-10-7-8-11-14-17-18;/h12,15,18H,2-11,13-14,16-17H2,1H3;1H3. The number of unbranched alkanes of at least 4 members (excludes halogenated alkanes) is 5. The largest absolute Gasteiger partial charge is 0.344 e. The third-order valence-corrected chi connectivity index (χ3v) is 4.28. The van der Waals surface area contributed by atoms with Crippen LogP contribution in [-0.2, 0) is 0 Å². The maximum absolute atomic E-state index is 2.55. The number of hydrogen-bond acceptors (Lipinski definition) is 1. The zero-order chi connectivity index (χ0) is 12.9. The summed E-state index contributed by atoms with van der Waals surface area (Å²) < 4.78 is 0. The van der Waals surface area contributed by atoms with Crippen LogP contribution < -0.4 is 6.15 Å². The predicted octanol–water partition coefficient (Wildman–Crippen LogP) is 6.82. The fourth-order valence-electron chi connectivity index (χ4n) is 3.01. The van der Waals surface area contributed by atoms with Gasteiger partial charge >= 0.3 is 0 Å². The van der Waals surface area contributed by atoms with Gasteiger partial charge in [-0.15, -0.1) is 0 Å². The molecule has 114 valence electrons. The van der Waals surface area contributed by atoms with Crippen molar-refractivity contribution in [2.24, 2.45) is 5.92 Å². The summed E-state index contributed by atoms with van der Waals surface area (Å²) in [4.78, 5) is 0. The molecule has 3 N–H and O–H groups in total. The number of allylic oxidation sites excluding steroid dienone is 2. The van der Waals surface area contributed by atoms with Gasteiger partial charge in [-0.2, -0.15) is 0 Å². The molecular formula is C18H37N. The molecule has 0 unspecified atom stereocenters. The monoisotopic (exact) mass is 267 g/mol. The van der Waals surface area contributed by atoms with Crippen LogP contribution in [0.3, 0.4) is 0 Å². The zero-order valence-corrected chi connectivity index (χ0v) is 13.3. The minimum atomic E-state index is 0. The molecule has 0 bridgehead atoms. The molecule has 0 spiro atoms. The van der Waals surface area contributed by atoms with Crippen molar-refractivity contribution in [1.82, 2.24) is 6.15 Å². The lowest BCUT2D eigenvalue weighted by Crippen LogP contribution is -1.95. The lowest BCUT2D eigenvalue weighted by molar-refractivity contribution is 0.508. The molecular weight excluding hydrogens is 230 g/mol. The Balaban J connectivity index is 0.00000324. The summed E-state index contributed by atoms with van der Waals surface area (Å²) in [7, 11) is 0. The fourth-order valence-corrected chi connectivity index (χ4v) is 3.01. The van der Waals surface area contributed by atoms with Crippen LogP contribution in [0.4, 0.5) is 0 Å². The highest BCUT2D eigenvalue weighted by molar-refractivity contribution is 4.88. The average Bonchev–Trinajstić information content (AvgIpc) is 2.51. The highest BCUT2D eigenvalue weighted by Crippen LogP contribution is 2.23. The van der Waals surface area contributed by atoms with E-state index >= 15 is 0 Å². The van der Waals surface area contributed by atoms with Gasteiger partial charge in [0.2, 0.25) is 0 Å². The van der Waals surface area contributed by atoms with Crippen LogP contribution in [-0.4, -0.2) is 0 Å². The molecule has 1 nitrogen and oxygen atoms in total. The molecule has 19 heavy (non-hydrogen) atoms.